The number of hydrogen-bond acceptors (Lipinski definition) is 4. The first-order chi connectivity index (χ1) is 13.2. The van der Waals surface area contributed by atoms with Crippen LogP contribution in [0, 0.1) is 5.82 Å². The highest BCUT2D eigenvalue weighted by Gasteiger charge is 2.28. The summed E-state index contributed by atoms with van der Waals surface area (Å²) < 4.78 is 19.3. The van der Waals surface area contributed by atoms with Crippen LogP contribution in [-0.4, -0.2) is 33.9 Å². The van der Waals surface area contributed by atoms with E-state index in [4.69, 9.17) is 4.42 Å². The predicted octanol–water partition coefficient (Wildman–Crippen LogP) is 3.82. The van der Waals surface area contributed by atoms with Crippen molar-refractivity contribution in [2.75, 3.05) is 13.1 Å². The monoisotopic (exact) mass is 365 g/mol. The van der Waals surface area contributed by atoms with Crippen molar-refractivity contribution >= 4 is 5.91 Å². The zero-order valence-corrected chi connectivity index (χ0v) is 14.8. The van der Waals surface area contributed by atoms with Crippen molar-refractivity contribution < 1.29 is 13.6 Å². The van der Waals surface area contributed by atoms with E-state index in [2.05, 4.69) is 9.97 Å². The van der Waals surface area contributed by atoms with Gasteiger partial charge in [0.05, 0.1) is 17.7 Å². The van der Waals surface area contributed by atoms with E-state index in [0.29, 0.717) is 30.2 Å². The molecule has 1 saturated heterocycles. The van der Waals surface area contributed by atoms with Crippen molar-refractivity contribution in [3.8, 4) is 0 Å². The second-order valence-electron chi connectivity index (χ2n) is 6.80. The summed E-state index contributed by atoms with van der Waals surface area (Å²) in [7, 11) is 0. The lowest BCUT2D eigenvalue weighted by Crippen LogP contribution is -2.39. The van der Waals surface area contributed by atoms with Gasteiger partial charge in [-0.2, -0.15) is 0 Å². The van der Waals surface area contributed by atoms with Gasteiger partial charge in [0.25, 0.3) is 5.91 Å². The van der Waals surface area contributed by atoms with E-state index in [1.54, 1.807) is 36.8 Å². The number of carbonyl (C=O) groups is 1. The van der Waals surface area contributed by atoms with E-state index in [1.807, 2.05) is 11.0 Å². The Morgan fingerprint density at radius 3 is 3.00 bits per heavy atom. The van der Waals surface area contributed by atoms with Crippen LogP contribution >= 0.6 is 0 Å². The van der Waals surface area contributed by atoms with E-state index < -0.39 is 0 Å². The Bertz CT molecular complexity index is 926. The smallest absolute Gasteiger partial charge is 0.255 e. The third-order valence-corrected chi connectivity index (χ3v) is 4.81. The third-order valence-electron chi connectivity index (χ3n) is 4.81. The van der Waals surface area contributed by atoms with Gasteiger partial charge >= 0.3 is 0 Å². The van der Waals surface area contributed by atoms with Crippen molar-refractivity contribution in [2.24, 2.45) is 0 Å². The maximum Gasteiger partial charge on any atom is 0.255 e. The second-order valence-corrected chi connectivity index (χ2v) is 6.80. The van der Waals surface area contributed by atoms with Gasteiger partial charge in [0, 0.05) is 31.9 Å². The molecule has 1 fully saturated rings. The molecule has 4 rings (SSSR count). The van der Waals surface area contributed by atoms with Crippen molar-refractivity contribution in [3.63, 3.8) is 0 Å². The number of rotatable bonds is 4. The highest BCUT2D eigenvalue weighted by Crippen LogP contribution is 2.28. The number of amides is 1. The number of halogens is 1. The van der Waals surface area contributed by atoms with Crippen molar-refractivity contribution in [1.82, 2.24) is 14.9 Å². The van der Waals surface area contributed by atoms with Crippen molar-refractivity contribution in [3.05, 3.63) is 83.6 Å². The normalized spacial score (nSPS) is 17.1. The molecule has 0 radical (unpaired) electrons. The van der Waals surface area contributed by atoms with E-state index >= 15 is 0 Å². The molecule has 0 spiro atoms. The Hall–Kier alpha value is -3.02. The van der Waals surface area contributed by atoms with Crippen LogP contribution in [0.25, 0.3) is 0 Å². The molecule has 1 aliphatic heterocycles. The Balaban J connectivity index is 1.44. The molecule has 1 aliphatic rings. The van der Waals surface area contributed by atoms with Gasteiger partial charge in [0.1, 0.15) is 11.6 Å². The number of benzene rings is 1. The van der Waals surface area contributed by atoms with Crippen molar-refractivity contribution in [1.29, 1.82) is 0 Å². The van der Waals surface area contributed by atoms with Gasteiger partial charge in [-0.1, -0.05) is 12.1 Å². The maximum absolute atomic E-state index is 13.3. The SMILES string of the molecule is O=C(c1cccnc1)N1CCC[C@H](c2ncc(Cc3cccc(F)c3)o2)C1. The van der Waals surface area contributed by atoms with Crippen LogP contribution in [0.15, 0.2) is 59.4 Å². The van der Waals surface area contributed by atoms with Crippen LogP contribution in [0.4, 0.5) is 4.39 Å². The zero-order chi connectivity index (χ0) is 18.6. The molecule has 0 aliphatic carbocycles. The van der Waals surface area contributed by atoms with Crippen LogP contribution in [0.3, 0.4) is 0 Å². The van der Waals surface area contributed by atoms with Crippen LogP contribution in [0.1, 0.15) is 46.3 Å². The molecule has 27 heavy (non-hydrogen) atoms. The van der Waals surface area contributed by atoms with Gasteiger partial charge in [-0.05, 0) is 42.7 Å². The summed E-state index contributed by atoms with van der Waals surface area (Å²) >= 11 is 0. The molecule has 3 heterocycles. The van der Waals surface area contributed by atoms with Gasteiger partial charge in [-0.25, -0.2) is 9.37 Å². The Labute approximate surface area is 156 Å². The predicted molar refractivity (Wildman–Crippen MR) is 97.8 cm³/mol. The minimum Gasteiger partial charge on any atom is -0.445 e. The summed E-state index contributed by atoms with van der Waals surface area (Å²) in [5.41, 5.74) is 1.44. The molecular weight excluding hydrogens is 345 g/mol. The molecule has 1 amide bonds. The first-order valence-corrected chi connectivity index (χ1v) is 9.07. The molecule has 1 atom stereocenters. The van der Waals surface area contributed by atoms with Gasteiger partial charge in [0.2, 0.25) is 0 Å². The van der Waals surface area contributed by atoms with Crippen LogP contribution < -0.4 is 0 Å². The standard InChI is InChI=1S/C21H20FN3O2/c22-18-7-1-4-15(10-18)11-19-13-24-20(27-19)17-6-3-9-25(14-17)21(26)16-5-2-8-23-12-16/h1-2,4-5,7-8,10,12-13,17H,3,6,9,11,14H2/t17-/m0/s1. The van der Waals surface area contributed by atoms with Crippen molar-refractivity contribution in [2.45, 2.75) is 25.2 Å². The molecule has 1 aromatic carbocycles. The first-order valence-electron chi connectivity index (χ1n) is 9.07. The minimum atomic E-state index is -0.260. The number of hydrogen-bond donors (Lipinski definition) is 0. The van der Waals surface area contributed by atoms with E-state index in [1.165, 1.54) is 12.1 Å². The fraction of sp³-hybridized carbons (Fsp3) is 0.286. The number of aromatic nitrogens is 2. The Kier molecular flexibility index (Phi) is 4.96. The largest absolute Gasteiger partial charge is 0.445 e. The Morgan fingerprint density at radius 2 is 2.19 bits per heavy atom. The molecule has 0 N–H and O–H groups in total. The number of pyridine rings is 1. The number of likely N-dealkylation sites (tertiary alicyclic amines) is 1. The number of nitrogens with zero attached hydrogens (tertiary/aromatic N) is 3. The molecule has 6 heteroatoms. The Morgan fingerprint density at radius 1 is 1.26 bits per heavy atom. The molecule has 138 valence electrons. The van der Waals surface area contributed by atoms with Crippen LogP contribution in [0.2, 0.25) is 0 Å². The molecule has 3 aromatic rings. The first kappa shape index (κ1) is 17.4. The molecule has 0 bridgehead atoms. The molecule has 5 nitrogen and oxygen atoms in total. The number of carbonyl (C=O) groups excluding carboxylic acids is 1. The maximum atomic E-state index is 13.3. The van der Waals surface area contributed by atoms with E-state index in [0.717, 1.165) is 24.9 Å². The molecule has 0 unspecified atom stereocenters. The second kappa shape index (κ2) is 7.70. The van der Waals surface area contributed by atoms with Gasteiger partial charge in [0.15, 0.2) is 5.89 Å². The molecule has 0 saturated carbocycles. The summed E-state index contributed by atoms with van der Waals surface area (Å²) in [6.45, 7) is 1.30. The quantitative estimate of drug-likeness (QED) is 0.705. The van der Waals surface area contributed by atoms with Gasteiger partial charge in [-0.3, -0.25) is 9.78 Å². The minimum absolute atomic E-state index is 0.0145. The van der Waals surface area contributed by atoms with Crippen LogP contribution in [0.5, 0.6) is 0 Å². The number of piperidine rings is 1. The lowest BCUT2D eigenvalue weighted by Gasteiger charge is -2.31. The van der Waals surface area contributed by atoms with E-state index in [-0.39, 0.29) is 17.6 Å². The number of oxazole rings is 1. The lowest BCUT2D eigenvalue weighted by atomic mass is 9.97. The van der Waals surface area contributed by atoms with E-state index in [9.17, 15) is 9.18 Å². The fourth-order valence-corrected chi connectivity index (χ4v) is 3.48. The molecular formula is C21H20FN3O2. The summed E-state index contributed by atoms with van der Waals surface area (Å²) in [5.74, 6) is 1.14. The van der Waals surface area contributed by atoms with Crippen LogP contribution in [-0.2, 0) is 6.42 Å². The summed E-state index contributed by atoms with van der Waals surface area (Å²) in [5, 5.41) is 0. The topological polar surface area (TPSA) is 59.2 Å². The van der Waals surface area contributed by atoms with Gasteiger partial charge in [-0.15, -0.1) is 0 Å². The summed E-state index contributed by atoms with van der Waals surface area (Å²) in [4.78, 5) is 22.9. The zero-order valence-electron chi connectivity index (χ0n) is 14.8. The average Bonchev–Trinajstić information content (AvgIpc) is 3.17. The lowest BCUT2D eigenvalue weighted by molar-refractivity contribution is 0.0697. The highest BCUT2D eigenvalue weighted by atomic mass is 19.1. The molecule has 2 aromatic heterocycles. The summed E-state index contributed by atoms with van der Waals surface area (Å²) in [6, 6.07) is 10.0. The highest BCUT2D eigenvalue weighted by molar-refractivity contribution is 5.93. The summed E-state index contributed by atoms with van der Waals surface area (Å²) in [6.07, 6.45) is 7.27. The average molecular weight is 365 g/mol. The fourth-order valence-electron chi connectivity index (χ4n) is 3.48. The third kappa shape index (κ3) is 4.05. The van der Waals surface area contributed by atoms with Gasteiger partial charge < -0.3 is 9.32 Å².